The Morgan fingerprint density at radius 2 is 1.62 bits per heavy atom. The second kappa shape index (κ2) is 9.36. The molecule has 0 aliphatic carbocycles. The van der Waals surface area contributed by atoms with Crippen LogP contribution in [0.2, 0.25) is 0 Å². The lowest BCUT2D eigenvalue weighted by atomic mass is 10.1. The van der Waals surface area contributed by atoms with Crippen LogP contribution in [0.4, 0.5) is 0 Å². The fourth-order valence-corrected chi connectivity index (χ4v) is 2.50. The summed E-state index contributed by atoms with van der Waals surface area (Å²) < 4.78 is 0. The third-order valence-electron chi connectivity index (χ3n) is 3.87. The van der Waals surface area contributed by atoms with Crippen LogP contribution in [0.15, 0.2) is 54.6 Å². The number of aliphatic carboxylic acids is 1. The van der Waals surface area contributed by atoms with Gasteiger partial charge in [0.1, 0.15) is 6.54 Å². The van der Waals surface area contributed by atoms with Crippen LogP contribution in [-0.2, 0) is 22.6 Å². The van der Waals surface area contributed by atoms with Gasteiger partial charge in [0.15, 0.2) is 0 Å². The minimum absolute atomic E-state index is 0.126. The molecule has 0 aromatic heterocycles. The number of amides is 2. The maximum absolute atomic E-state index is 12.7. The summed E-state index contributed by atoms with van der Waals surface area (Å²) in [5.41, 5.74) is 2.33. The molecule has 0 aliphatic rings. The molecule has 0 aliphatic heterocycles. The number of carboxylic acid groups (broad SMARTS) is 1. The molecule has 0 spiro atoms. The highest BCUT2D eigenvalue weighted by Crippen LogP contribution is 2.10. The van der Waals surface area contributed by atoms with Crippen molar-refractivity contribution in [2.45, 2.75) is 19.9 Å². The predicted octanol–water partition coefficient (Wildman–Crippen LogP) is 2.09. The molecule has 0 radical (unpaired) electrons. The summed E-state index contributed by atoms with van der Waals surface area (Å²) >= 11 is 0. The van der Waals surface area contributed by atoms with Gasteiger partial charge in [-0.05, 0) is 29.7 Å². The highest BCUT2D eigenvalue weighted by molar-refractivity contribution is 5.95. The van der Waals surface area contributed by atoms with Crippen LogP contribution in [0.1, 0.15) is 28.4 Å². The Bertz CT molecular complexity index is 757. The third kappa shape index (κ3) is 6.05. The Morgan fingerprint density at radius 3 is 2.19 bits per heavy atom. The first kappa shape index (κ1) is 19.2. The first-order valence-electron chi connectivity index (χ1n) is 8.34. The molecule has 6 nitrogen and oxygen atoms in total. The molecule has 0 heterocycles. The minimum atomic E-state index is -1.05. The van der Waals surface area contributed by atoms with Crippen molar-refractivity contribution < 1.29 is 19.5 Å². The topological polar surface area (TPSA) is 86.7 Å². The van der Waals surface area contributed by atoms with Crippen LogP contribution in [0.5, 0.6) is 0 Å². The first-order chi connectivity index (χ1) is 12.5. The van der Waals surface area contributed by atoms with Crippen LogP contribution in [-0.4, -0.2) is 40.9 Å². The summed E-state index contributed by atoms with van der Waals surface area (Å²) in [6.45, 7) is 1.80. The van der Waals surface area contributed by atoms with Crippen LogP contribution in [0.25, 0.3) is 0 Å². The maximum atomic E-state index is 12.7. The number of hydrogen-bond donors (Lipinski definition) is 2. The summed E-state index contributed by atoms with van der Waals surface area (Å²) in [6.07, 6.45) is 0.584. The number of hydrogen-bond acceptors (Lipinski definition) is 3. The van der Waals surface area contributed by atoms with Gasteiger partial charge in [0, 0.05) is 25.6 Å². The van der Waals surface area contributed by atoms with Crippen LogP contribution in [0.3, 0.4) is 0 Å². The second-order valence-corrected chi connectivity index (χ2v) is 5.96. The van der Waals surface area contributed by atoms with Gasteiger partial charge in [-0.25, -0.2) is 0 Å². The van der Waals surface area contributed by atoms with E-state index in [1.165, 1.54) is 11.8 Å². The molecular formula is C20H22N2O4. The van der Waals surface area contributed by atoms with E-state index in [9.17, 15) is 14.4 Å². The number of carbonyl (C=O) groups excluding carboxylic acids is 2. The molecule has 26 heavy (non-hydrogen) atoms. The molecule has 0 bridgehead atoms. The number of benzene rings is 2. The number of carboxylic acids is 1. The van der Waals surface area contributed by atoms with Crippen LogP contribution < -0.4 is 5.32 Å². The summed E-state index contributed by atoms with van der Waals surface area (Å²) in [4.78, 5) is 36.1. The SMILES string of the molecule is CC(=O)NCc1ccc(C(=O)N(CCc2ccccc2)CC(=O)O)cc1. The molecule has 0 unspecified atom stereocenters. The largest absolute Gasteiger partial charge is 0.480 e. The lowest BCUT2D eigenvalue weighted by Crippen LogP contribution is -2.37. The zero-order valence-electron chi connectivity index (χ0n) is 14.6. The Kier molecular flexibility index (Phi) is 6.91. The Balaban J connectivity index is 2.05. The number of rotatable bonds is 8. The van der Waals surface area contributed by atoms with Gasteiger partial charge in [0.2, 0.25) is 5.91 Å². The molecule has 2 aromatic rings. The second-order valence-electron chi connectivity index (χ2n) is 5.96. The molecule has 0 atom stereocenters. The zero-order chi connectivity index (χ0) is 18.9. The van der Waals surface area contributed by atoms with Gasteiger partial charge in [-0.2, -0.15) is 0 Å². The van der Waals surface area contributed by atoms with E-state index in [4.69, 9.17) is 5.11 Å². The van der Waals surface area contributed by atoms with Crippen molar-refractivity contribution in [3.05, 3.63) is 71.3 Å². The van der Waals surface area contributed by atoms with Crippen LogP contribution >= 0.6 is 0 Å². The molecule has 2 rings (SSSR count). The van der Waals surface area contributed by atoms with E-state index in [-0.39, 0.29) is 18.4 Å². The van der Waals surface area contributed by atoms with Crippen molar-refractivity contribution in [2.24, 2.45) is 0 Å². The smallest absolute Gasteiger partial charge is 0.323 e. The molecule has 136 valence electrons. The predicted molar refractivity (Wildman–Crippen MR) is 97.6 cm³/mol. The van der Waals surface area contributed by atoms with E-state index >= 15 is 0 Å². The summed E-state index contributed by atoms with van der Waals surface area (Å²) in [7, 11) is 0. The van der Waals surface area contributed by atoms with Gasteiger partial charge < -0.3 is 15.3 Å². The molecule has 0 saturated heterocycles. The Labute approximate surface area is 152 Å². The molecule has 2 N–H and O–H groups in total. The number of carbonyl (C=O) groups is 3. The van der Waals surface area contributed by atoms with Crippen LogP contribution in [0, 0.1) is 0 Å². The van der Waals surface area contributed by atoms with E-state index in [0.717, 1.165) is 11.1 Å². The van der Waals surface area contributed by atoms with Gasteiger partial charge in [-0.3, -0.25) is 14.4 Å². The van der Waals surface area contributed by atoms with E-state index in [2.05, 4.69) is 5.32 Å². The standard InChI is InChI=1S/C20H22N2O4/c1-15(23)21-13-17-7-9-18(10-8-17)20(26)22(14-19(24)25)12-11-16-5-3-2-4-6-16/h2-10H,11-14H2,1H3,(H,21,23)(H,24,25). The summed E-state index contributed by atoms with van der Waals surface area (Å²) in [6, 6.07) is 16.4. The van der Waals surface area contributed by atoms with E-state index in [1.54, 1.807) is 24.3 Å². The number of nitrogens with one attached hydrogen (secondary N) is 1. The van der Waals surface area contributed by atoms with Crippen molar-refractivity contribution in [3.8, 4) is 0 Å². The Hall–Kier alpha value is -3.15. The van der Waals surface area contributed by atoms with E-state index in [0.29, 0.717) is 25.1 Å². The van der Waals surface area contributed by atoms with Gasteiger partial charge >= 0.3 is 5.97 Å². The van der Waals surface area contributed by atoms with Crippen molar-refractivity contribution >= 4 is 17.8 Å². The first-order valence-corrected chi connectivity index (χ1v) is 8.34. The summed E-state index contributed by atoms with van der Waals surface area (Å²) in [5, 5.41) is 11.8. The van der Waals surface area contributed by atoms with E-state index in [1.807, 2.05) is 30.3 Å². The van der Waals surface area contributed by atoms with Gasteiger partial charge in [-0.1, -0.05) is 42.5 Å². The van der Waals surface area contributed by atoms with Gasteiger partial charge in [0.25, 0.3) is 5.91 Å². The average molecular weight is 354 g/mol. The lowest BCUT2D eigenvalue weighted by Gasteiger charge is -2.21. The molecule has 6 heteroatoms. The quantitative estimate of drug-likeness (QED) is 0.760. The monoisotopic (exact) mass is 354 g/mol. The Morgan fingerprint density at radius 1 is 0.962 bits per heavy atom. The van der Waals surface area contributed by atoms with E-state index < -0.39 is 5.97 Å². The molecule has 0 fully saturated rings. The fraction of sp³-hybridized carbons (Fsp3) is 0.250. The molecule has 2 amide bonds. The summed E-state index contributed by atoms with van der Waals surface area (Å²) in [5.74, 6) is -1.50. The minimum Gasteiger partial charge on any atom is -0.480 e. The third-order valence-corrected chi connectivity index (χ3v) is 3.87. The van der Waals surface area contributed by atoms with Crippen molar-refractivity contribution in [1.82, 2.24) is 10.2 Å². The molecule has 0 saturated carbocycles. The highest BCUT2D eigenvalue weighted by atomic mass is 16.4. The zero-order valence-corrected chi connectivity index (χ0v) is 14.6. The maximum Gasteiger partial charge on any atom is 0.323 e. The van der Waals surface area contributed by atoms with Crippen molar-refractivity contribution in [3.63, 3.8) is 0 Å². The number of nitrogens with zero attached hydrogens (tertiary/aromatic N) is 1. The van der Waals surface area contributed by atoms with Gasteiger partial charge in [0.05, 0.1) is 0 Å². The molecule has 2 aromatic carbocycles. The average Bonchev–Trinajstić information content (AvgIpc) is 2.64. The van der Waals surface area contributed by atoms with Gasteiger partial charge in [-0.15, -0.1) is 0 Å². The highest BCUT2D eigenvalue weighted by Gasteiger charge is 2.18. The van der Waals surface area contributed by atoms with Crippen molar-refractivity contribution in [1.29, 1.82) is 0 Å². The fourth-order valence-electron chi connectivity index (χ4n) is 2.50. The molecular weight excluding hydrogens is 332 g/mol. The normalized spacial score (nSPS) is 10.2. The lowest BCUT2D eigenvalue weighted by molar-refractivity contribution is -0.137. The van der Waals surface area contributed by atoms with Crippen molar-refractivity contribution in [2.75, 3.05) is 13.1 Å².